The smallest absolute Gasteiger partial charge is 0.261 e. The number of anilines is 2. The number of halogens is 1. The second kappa shape index (κ2) is 9.99. The van der Waals surface area contributed by atoms with Gasteiger partial charge in [-0.1, -0.05) is 47.5 Å². The highest BCUT2D eigenvalue weighted by Gasteiger charge is 2.17. The Morgan fingerprint density at radius 2 is 1.47 bits per heavy atom. The Hall–Kier alpha value is -3.81. The van der Waals surface area contributed by atoms with E-state index in [1.165, 1.54) is 30.3 Å². The Morgan fingerprint density at radius 1 is 0.824 bits per heavy atom. The molecule has 0 bridgehead atoms. The molecule has 34 heavy (non-hydrogen) atoms. The minimum atomic E-state index is -3.81. The lowest BCUT2D eigenvalue weighted by atomic mass is 10.2. The van der Waals surface area contributed by atoms with Gasteiger partial charge in [0.2, 0.25) is 0 Å². The molecule has 0 spiro atoms. The number of hydrogen-bond donors (Lipinski definition) is 2. The van der Waals surface area contributed by atoms with Gasteiger partial charge in [0, 0.05) is 11.3 Å². The predicted octanol–water partition coefficient (Wildman–Crippen LogP) is 6.49. The highest BCUT2D eigenvalue weighted by Crippen LogP contribution is 2.27. The van der Waals surface area contributed by atoms with Crippen LogP contribution in [0.4, 0.5) is 11.4 Å². The van der Waals surface area contributed by atoms with E-state index in [0.717, 1.165) is 5.56 Å². The summed E-state index contributed by atoms with van der Waals surface area (Å²) < 4.78 is 33.4. The molecule has 0 aromatic heterocycles. The number of para-hydroxylation sites is 1. The van der Waals surface area contributed by atoms with Crippen molar-refractivity contribution in [3.05, 3.63) is 113 Å². The van der Waals surface area contributed by atoms with E-state index in [0.29, 0.717) is 17.2 Å². The molecular formula is C26H21ClN2O4S. The number of aryl methyl sites for hydroxylation is 1. The summed E-state index contributed by atoms with van der Waals surface area (Å²) >= 11 is 6.27. The molecule has 2 N–H and O–H groups in total. The van der Waals surface area contributed by atoms with Gasteiger partial charge in [-0.3, -0.25) is 9.52 Å². The van der Waals surface area contributed by atoms with Gasteiger partial charge in [0.15, 0.2) is 0 Å². The van der Waals surface area contributed by atoms with Crippen LogP contribution < -0.4 is 14.8 Å². The van der Waals surface area contributed by atoms with Crippen LogP contribution in [0.3, 0.4) is 0 Å². The van der Waals surface area contributed by atoms with Crippen LogP contribution in [0.1, 0.15) is 15.9 Å². The molecule has 4 rings (SSSR count). The van der Waals surface area contributed by atoms with Gasteiger partial charge in [-0.2, -0.15) is 0 Å². The number of benzene rings is 4. The Kier molecular flexibility index (Phi) is 6.86. The highest BCUT2D eigenvalue weighted by molar-refractivity contribution is 7.92. The van der Waals surface area contributed by atoms with Gasteiger partial charge >= 0.3 is 0 Å². The van der Waals surface area contributed by atoms with Crippen LogP contribution in [0, 0.1) is 6.92 Å². The standard InChI is InChI=1S/C26H21ClN2O4S/c1-18-7-14-23(15-8-18)34(31,32)29-25-16-9-19(17-24(25)27)26(30)28-20-10-12-22(13-11-20)33-21-5-3-2-4-6-21/h2-17,29H,1H3,(H,28,30). The van der Waals surface area contributed by atoms with Crippen molar-refractivity contribution in [3.8, 4) is 11.5 Å². The van der Waals surface area contributed by atoms with Gasteiger partial charge in [-0.25, -0.2) is 8.42 Å². The van der Waals surface area contributed by atoms with Crippen LogP contribution in [-0.4, -0.2) is 14.3 Å². The molecule has 0 aliphatic heterocycles. The van der Waals surface area contributed by atoms with Crippen molar-refractivity contribution in [1.82, 2.24) is 0 Å². The van der Waals surface area contributed by atoms with Crippen LogP contribution in [0.2, 0.25) is 5.02 Å². The maximum atomic E-state index is 12.7. The van der Waals surface area contributed by atoms with E-state index in [4.69, 9.17) is 16.3 Å². The third-order valence-electron chi connectivity index (χ3n) is 4.90. The molecule has 0 unspecified atom stereocenters. The topological polar surface area (TPSA) is 84.5 Å². The number of sulfonamides is 1. The van der Waals surface area contributed by atoms with Crippen LogP contribution in [-0.2, 0) is 10.0 Å². The number of carbonyl (C=O) groups excluding carboxylic acids is 1. The van der Waals surface area contributed by atoms with Gasteiger partial charge in [-0.05, 0) is 73.7 Å². The first kappa shape index (κ1) is 23.4. The Labute approximate surface area is 203 Å². The molecule has 0 aliphatic rings. The molecule has 6 nitrogen and oxygen atoms in total. The summed E-state index contributed by atoms with van der Waals surface area (Å²) in [6.07, 6.45) is 0. The van der Waals surface area contributed by atoms with E-state index in [9.17, 15) is 13.2 Å². The van der Waals surface area contributed by atoms with E-state index < -0.39 is 10.0 Å². The lowest BCUT2D eigenvalue weighted by Crippen LogP contribution is -2.15. The summed E-state index contributed by atoms with van der Waals surface area (Å²) in [5.74, 6) is 0.969. The normalized spacial score (nSPS) is 11.0. The summed E-state index contributed by atoms with van der Waals surface area (Å²) in [7, 11) is -3.81. The van der Waals surface area contributed by atoms with Crippen molar-refractivity contribution in [1.29, 1.82) is 0 Å². The zero-order valence-electron chi connectivity index (χ0n) is 18.2. The maximum absolute atomic E-state index is 12.7. The zero-order chi connectivity index (χ0) is 24.1. The molecule has 0 heterocycles. The van der Waals surface area contributed by atoms with E-state index in [1.54, 1.807) is 36.4 Å². The molecule has 4 aromatic carbocycles. The molecule has 0 saturated heterocycles. The number of rotatable bonds is 7. The molecule has 0 radical (unpaired) electrons. The molecule has 0 saturated carbocycles. The van der Waals surface area contributed by atoms with E-state index in [1.807, 2.05) is 37.3 Å². The maximum Gasteiger partial charge on any atom is 0.261 e. The number of amides is 1. The fourth-order valence-corrected chi connectivity index (χ4v) is 4.46. The average molecular weight is 493 g/mol. The highest BCUT2D eigenvalue weighted by atomic mass is 35.5. The largest absolute Gasteiger partial charge is 0.457 e. The fraction of sp³-hybridized carbons (Fsp3) is 0.0385. The van der Waals surface area contributed by atoms with Gasteiger partial charge < -0.3 is 10.1 Å². The zero-order valence-corrected chi connectivity index (χ0v) is 19.7. The summed E-state index contributed by atoms with van der Waals surface area (Å²) in [4.78, 5) is 12.8. The van der Waals surface area contributed by atoms with Crippen molar-refractivity contribution in [2.24, 2.45) is 0 Å². The minimum Gasteiger partial charge on any atom is -0.457 e. The fourth-order valence-electron chi connectivity index (χ4n) is 3.09. The van der Waals surface area contributed by atoms with Crippen molar-refractivity contribution in [2.45, 2.75) is 11.8 Å². The first-order valence-corrected chi connectivity index (χ1v) is 12.2. The molecule has 0 fully saturated rings. The van der Waals surface area contributed by atoms with Crippen molar-refractivity contribution in [2.75, 3.05) is 10.0 Å². The first-order chi connectivity index (χ1) is 16.3. The van der Waals surface area contributed by atoms with E-state index in [-0.39, 0.29) is 27.1 Å². The van der Waals surface area contributed by atoms with Crippen LogP contribution in [0.15, 0.2) is 102 Å². The molecule has 172 valence electrons. The number of ether oxygens (including phenoxy) is 1. The van der Waals surface area contributed by atoms with Gasteiger partial charge in [-0.15, -0.1) is 0 Å². The second-order valence-corrected chi connectivity index (χ2v) is 9.60. The predicted molar refractivity (Wildman–Crippen MR) is 134 cm³/mol. The third kappa shape index (κ3) is 5.75. The summed E-state index contributed by atoms with van der Waals surface area (Å²) in [5, 5.41) is 2.89. The van der Waals surface area contributed by atoms with Crippen LogP contribution >= 0.6 is 11.6 Å². The average Bonchev–Trinajstić information content (AvgIpc) is 2.82. The summed E-state index contributed by atoms with van der Waals surface area (Å²) in [6, 6.07) is 27.2. The molecule has 0 aliphatic carbocycles. The monoisotopic (exact) mass is 492 g/mol. The summed E-state index contributed by atoms with van der Waals surface area (Å²) in [6.45, 7) is 1.87. The Morgan fingerprint density at radius 3 is 2.12 bits per heavy atom. The Balaban J connectivity index is 1.42. The Bertz CT molecular complexity index is 1410. The van der Waals surface area contributed by atoms with E-state index >= 15 is 0 Å². The molecule has 1 amide bonds. The molecular weight excluding hydrogens is 472 g/mol. The quantitative estimate of drug-likeness (QED) is 0.308. The van der Waals surface area contributed by atoms with E-state index in [2.05, 4.69) is 10.0 Å². The molecule has 8 heteroatoms. The number of hydrogen-bond acceptors (Lipinski definition) is 4. The van der Waals surface area contributed by atoms with Crippen LogP contribution in [0.5, 0.6) is 11.5 Å². The second-order valence-electron chi connectivity index (χ2n) is 7.51. The van der Waals surface area contributed by atoms with Gasteiger partial charge in [0.25, 0.3) is 15.9 Å². The van der Waals surface area contributed by atoms with Crippen molar-refractivity contribution < 1.29 is 17.9 Å². The summed E-state index contributed by atoms with van der Waals surface area (Å²) in [5.41, 5.74) is 1.99. The minimum absolute atomic E-state index is 0.106. The SMILES string of the molecule is Cc1ccc(S(=O)(=O)Nc2ccc(C(=O)Nc3ccc(Oc4ccccc4)cc3)cc2Cl)cc1. The van der Waals surface area contributed by atoms with Crippen molar-refractivity contribution >= 4 is 38.9 Å². The van der Waals surface area contributed by atoms with Gasteiger partial charge in [0.05, 0.1) is 15.6 Å². The molecule has 4 aromatic rings. The van der Waals surface area contributed by atoms with Crippen LogP contribution in [0.25, 0.3) is 0 Å². The first-order valence-electron chi connectivity index (χ1n) is 10.3. The number of nitrogens with one attached hydrogen (secondary N) is 2. The lowest BCUT2D eigenvalue weighted by Gasteiger charge is -2.12. The molecule has 0 atom stereocenters. The lowest BCUT2D eigenvalue weighted by molar-refractivity contribution is 0.102. The number of carbonyl (C=O) groups is 1. The van der Waals surface area contributed by atoms with Gasteiger partial charge in [0.1, 0.15) is 11.5 Å². The van der Waals surface area contributed by atoms with Crippen molar-refractivity contribution in [3.63, 3.8) is 0 Å². The third-order valence-corrected chi connectivity index (χ3v) is 6.59.